The van der Waals surface area contributed by atoms with E-state index in [4.69, 9.17) is 5.11 Å². The average molecular weight is 337 g/mol. The van der Waals surface area contributed by atoms with Crippen LogP contribution in [0.2, 0.25) is 0 Å². The Kier molecular flexibility index (Phi) is 4.82. The molecule has 1 heterocycles. The Balaban J connectivity index is 2.07. The van der Waals surface area contributed by atoms with E-state index >= 15 is 0 Å². The molecular weight excluding hydrogens is 321 g/mol. The lowest BCUT2D eigenvalue weighted by Crippen LogP contribution is -2.43. The van der Waals surface area contributed by atoms with Crippen LogP contribution in [0.15, 0.2) is 24.3 Å². The van der Waals surface area contributed by atoms with Crippen molar-refractivity contribution in [2.75, 3.05) is 13.1 Å². The molecule has 1 unspecified atom stereocenters. The maximum atomic E-state index is 13.0. The number of urea groups is 1. The number of nitrogens with zero attached hydrogens (tertiary/aromatic N) is 1. The lowest BCUT2D eigenvalue weighted by molar-refractivity contribution is -0.137. The summed E-state index contributed by atoms with van der Waals surface area (Å²) in [5.74, 6) is -2.85. The van der Waals surface area contributed by atoms with Gasteiger partial charge >= 0.3 is 12.0 Å². The van der Waals surface area contributed by atoms with Crippen LogP contribution in [0.1, 0.15) is 18.9 Å². The third kappa shape index (κ3) is 3.50. The molecule has 128 valence electrons. The van der Waals surface area contributed by atoms with E-state index in [1.165, 1.54) is 31.2 Å². The SMILES string of the molecule is CC1(c2ccc(F)cc2)NC(=O)N(CC(=O)NCCC(=O)O)C1=O. The van der Waals surface area contributed by atoms with E-state index in [0.29, 0.717) is 5.56 Å². The number of carboxylic acid groups (broad SMARTS) is 1. The molecule has 1 aliphatic heterocycles. The van der Waals surface area contributed by atoms with Gasteiger partial charge < -0.3 is 15.7 Å². The number of carbonyl (C=O) groups is 4. The molecule has 0 saturated carbocycles. The number of benzene rings is 1. The summed E-state index contributed by atoms with van der Waals surface area (Å²) in [6.07, 6.45) is -0.265. The third-order valence-electron chi connectivity index (χ3n) is 3.66. The van der Waals surface area contributed by atoms with Crippen molar-refractivity contribution in [1.82, 2.24) is 15.5 Å². The molecule has 0 radical (unpaired) electrons. The van der Waals surface area contributed by atoms with Gasteiger partial charge in [-0.05, 0) is 24.6 Å². The summed E-state index contributed by atoms with van der Waals surface area (Å²) in [4.78, 5) is 47.4. The van der Waals surface area contributed by atoms with E-state index in [9.17, 15) is 23.6 Å². The van der Waals surface area contributed by atoms with Gasteiger partial charge in [0.1, 0.15) is 17.9 Å². The predicted octanol–water partition coefficient (Wildman–Crippen LogP) is 0.184. The summed E-state index contributed by atoms with van der Waals surface area (Å²) < 4.78 is 13.0. The van der Waals surface area contributed by atoms with Gasteiger partial charge in [-0.25, -0.2) is 9.18 Å². The van der Waals surface area contributed by atoms with Gasteiger partial charge in [-0.1, -0.05) is 12.1 Å². The smallest absolute Gasteiger partial charge is 0.325 e. The van der Waals surface area contributed by atoms with Crippen LogP contribution >= 0.6 is 0 Å². The molecule has 1 fully saturated rings. The van der Waals surface area contributed by atoms with Gasteiger partial charge in [0.25, 0.3) is 5.91 Å². The Morgan fingerprint density at radius 2 is 1.92 bits per heavy atom. The Labute approximate surface area is 136 Å². The van der Waals surface area contributed by atoms with Crippen LogP contribution in [0.4, 0.5) is 9.18 Å². The van der Waals surface area contributed by atoms with Gasteiger partial charge in [-0.3, -0.25) is 19.3 Å². The van der Waals surface area contributed by atoms with Gasteiger partial charge in [0.15, 0.2) is 0 Å². The fourth-order valence-corrected chi connectivity index (χ4v) is 2.33. The molecule has 0 spiro atoms. The van der Waals surface area contributed by atoms with E-state index in [1.807, 2.05) is 0 Å². The summed E-state index contributed by atoms with van der Waals surface area (Å²) in [6, 6.07) is 4.34. The summed E-state index contributed by atoms with van der Waals surface area (Å²) in [7, 11) is 0. The van der Waals surface area contributed by atoms with Crippen molar-refractivity contribution >= 4 is 23.8 Å². The van der Waals surface area contributed by atoms with Crippen LogP contribution < -0.4 is 10.6 Å². The Morgan fingerprint density at radius 3 is 2.50 bits per heavy atom. The Hall–Kier alpha value is -2.97. The van der Waals surface area contributed by atoms with Crippen molar-refractivity contribution in [3.05, 3.63) is 35.6 Å². The second-order valence-electron chi connectivity index (χ2n) is 5.45. The van der Waals surface area contributed by atoms with Gasteiger partial charge in [-0.15, -0.1) is 0 Å². The fourth-order valence-electron chi connectivity index (χ4n) is 2.33. The van der Waals surface area contributed by atoms with Crippen LogP contribution in [0, 0.1) is 5.82 Å². The molecule has 1 saturated heterocycles. The van der Waals surface area contributed by atoms with Crippen LogP contribution in [0.5, 0.6) is 0 Å². The summed E-state index contributed by atoms with van der Waals surface area (Å²) >= 11 is 0. The minimum absolute atomic E-state index is 0.104. The zero-order chi connectivity index (χ0) is 17.9. The standard InChI is InChI=1S/C15H16FN3O5/c1-15(9-2-4-10(16)5-3-9)13(23)19(14(24)18-15)8-11(20)17-7-6-12(21)22/h2-5H,6-8H2,1H3,(H,17,20)(H,18,24)(H,21,22). The molecule has 4 amide bonds. The number of carboxylic acids is 1. The maximum Gasteiger partial charge on any atom is 0.325 e. The normalized spacial score (nSPS) is 20.0. The van der Waals surface area contributed by atoms with Crippen LogP contribution in [0.3, 0.4) is 0 Å². The first-order valence-electron chi connectivity index (χ1n) is 7.12. The van der Waals surface area contributed by atoms with E-state index in [0.717, 1.165) is 4.90 Å². The highest BCUT2D eigenvalue weighted by Gasteiger charge is 2.49. The lowest BCUT2D eigenvalue weighted by Gasteiger charge is -2.22. The van der Waals surface area contributed by atoms with E-state index < -0.39 is 41.7 Å². The molecule has 24 heavy (non-hydrogen) atoms. The summed E-state index contributed by atoms with van der Waals surface area (Å²) in [5, 5.41) is 13.3. The zero-order valence-corrected chi connectivity index (χ0v) is 12.8. The molecule has 8 nitrogen and oxygen atoms in total. The van der Waals surface area contributed by atoms with Crippen LogP contribution in [0.25, 0.3) is 0 Å². The second-order valence-corrected chi connectivity index (χ2v) is 5.45. The largest absolute Gasteiger partial charge is 0.481 e. The minimum Gasteiger partial charge on any atom is -0.481 e. The fraction of sp³-hybridized carbons (Fsp3) is 0.333. The number of amides is 4. The number of nitrogens with one attached hydrogen (secondary N) is 2. The number of imide groups is 1. The molecule has 9 heteroatoms. The third-order valence-corrected chi connectivity index (χ3v) is 3.66. The first-order valence-corrected chi connectivity index (χ1v) is 7.12. The van der Waals surface area contributed by atoms with Gasteiger partial charge in [0, 0.05) is 6.54 Å². The Morgan fingerprint density at radius 1 is 1.29 bits per heavy atom. The van der Waals surface area contributed by atoms with Crippen molar-refractivity contribution in [2.24, 2.45) is 0 Å². The Bertz CT molecular complexity index is 691. The highest BCUT2D eigenvalue weighted by Crippen LogP contribution is 2.28. The van der Waals surface area contributed by atoms with Crippen molar-refractivity contribution < 1.29 is 28.7 Å². The molecule has 1 aliphatic rings. The molecule has 0 aromatic heterocycles. The quantitative estimate of drug-likeness (QED) is 0.641. The topological polar surface area (TPSA) is 116 Å². The number of carbonyl (C=O) groups excluding carboxylic acids is 3. The average Bonchev–Trinajstić information content (AvgIpc) is 2.72. The highest BCUT2D eigenvalue weighted by molar-refractivity contribution is 6.09. The monoisotopic (exact) mass is 337 g/mol. The van der Waals surface area contributed by atoms with Crippen LogP contribution in [-0.4, -0.2) is 46.9 Å². The summed E-state index contributed by atoms with van der Waals surface area (Å²) in [6.45, 7) is 0.830. The maximum absolute atomic E-state index is 13.0. The van der Waals surface area contributed by atoms with E-state index in [-0.39, 0.29) is 13.0 Å². The molecular formula is C15H16FN3O5. The van der Waals surface area contributed by atoms with Crippen molar-refractivity contribution in [3.8, 4) is 0 Å². The zero-order valence-electron chi connectivity index (χ0n) is 12.8. The first kappa shape index (κ1) is 17.4. The minimum atomic E-state index is -1.40. The van der Waals surface area contributed by atoms with Crippen LogP contribution in [-0.2, 0) is 19.9 Å². The van der Waals surface area contributed by atoms with Gasteiger partial charge in [0.2, 0.25) is 5.91 Å². The molecule has 0 bridgehead atoms. The van der Waals surface area contributed by atoms with E-state index in [1.54, 1.807) is 0 Å². The van der Waals surface area contributed by atoms with Crippen molar-refractivity contribution in [2.45, 2.75) is 18.9 Å². The molecule has 0 aliphatic carbocycles. The predicted molar refractivity (Wildman–Crippen MR) is 79.3 cm³/mol. The molecule has 1 aromatic carbocycles. The van der Waals surface area contributed by atoms with Crippen molar-refractivity contribution in [1.29, 1.82) is 0 Å². The number of halogens is 1. The number of hydrogen-bond donors (Lipinski definition) is 3. The first-order chi connectivity index (χ1) is 11.2. The molecule has 1 aromatic rings. The molecule has 3 N–H and O–H groups in total. The number of hydrogen-bond acceptors (Lipinski definition) is 4. The van der Waals surface area contributed by atoms with Gasteiger partial charge in [0.05, 0.1) is 6.42 Å². The van der Waals surface area contributed by atoms with Crippen molar-refractivity contribution in [3.63, 3.8) is 0 Å². The summed E-state index contributed by atoms with van der Waals surface area (Å²) in [5.41, 5.74) is -1.01. The van der Waals surface area contributed by atoms with E-state index in [2.05, 4.69) is 10.6 Å². The number of rotatable bonds is 6. The highest BCUT2D eigenvalue weighted by atomic mass is 19.1. The molecule has 2 rings (SSSR count). The molecule has 1 atom stereocenters. The number of aliphatic carboxylic acids is 1. The van der Waals surface area contributed by atoms with Gasteiger partial charge in [-0.2, -0.15) is 0 Å². The lowest BCUT2D eigenvalue weighted by atomic mass is 9.92. The second kappa shape index (κ2) is 6.65.